The fourth-order valence-electron chi connectivity index (χ4n) is 1.43. The highest BCUT2D eigenvalue weighted by molar-refractivity contribution is 5.85. The molecule has 3 nitrogen and oxygen atoms in total. The van der Waals surface area contributed by atoms with E-state index in [9.17, 15) is 9.59 Å². The zero-order chi connectivity index (χ0) is 12.4. The summed E-state index contributed by atoms with van der Waals surface area (Å²) in [6.07, 6.45) is 5.50. The molecule has 0 saturated carbocycles. The molecule has 0 saturated heterocycles. The summed E-state index contributed by atoms with van der Waals surface area (Å²) in [5, 5.41) is 2.64. The largest absolute Gasteiger partial charge is 0.349 e. The smallest absolute Gasteiger partial charge is 0.220 e. The van der Waals surface area contributed by atoms with Crippen molar-refractivity contribution in [2.45, 2.75) is 59.3 Å². The third-order valence-electron chi connectivity index (χ3n) is 2.56. The first-order valence-electron chi connectivity index (χ1n) is 6.34. The van der Waals surface area contributed by atoms with Crippen LogP contribution in [0.1, 0.15) is 59.3 Å². The molecule has 0 aliphatic rings. The van der Waals surface area contributed by atoms with Crippen LogP contribution in [0.4, 0.5) is 0 Å². The molecule has 16 heavy (non-hydrogen) atoms. The number of carbonyl (C=O) groups is 2. The van der Waals surface area contributed by atoms with Crippen LogP contribution in [0, 0.1) is 5.92 Å². The molecule has 3 heteroatoms. The normalized spacial score (nSPS) is 10.5. The van der Waals surface area contributed by atoms with Gasteiger partial charge in [0.25, 0.3) is 0 Å². The topological polar surface area (TPSA) is 46.2 Å². The fraction of sp³-hybridized carbons (Fsp3) is 0.846. The van der Waals surface area contributed by atoms with Crippen LogP contribution in [0.5, 0.6) is 0 Å². The molecule has 0 heterocycles. The van der Waals surface area contributed by atoms with Crippen molar-refractivity contribution in [2.24, 2.45) is 5.92 Å². The SMILES string of the molecule is CCC(=O)CNC(=O)CCCCCC(C)C. The number of nitrogens with one attached hydrogen (secondary N) is 1. The second-order valence-electron chi connectivity index (χ2n) is 4.66. The van der Waals surface area contributed by atoms with Crippen molar-refractivity contribution in [3.05, 3.63) is 0 Å². The van der Waals surface area contributed by atoms with Crippen molar-refractivity contribution in [1.82, 2.24) is 5.32 Å². The van der Waals surface area contributed by atoms with Gasteiger partial charge in [0.1, 0.15) is 0 Å². The molecule has 0 bridgehead atoms. The van der Waals surface area contributed by atoms with E-state index in [1.807, 2.05) is 0 Å². The molecule has 0 rings (SSSR count). The second kappa shape index (κ2) is 9.37. The number of ketones is 1. The van der Waals surface area contributed by atoms with Gasteiger partial charge >= 0.3 is 0 Å². The molecule has 0 aromatic heterocycles. The van der Waals surface area contributed by atoms with Crippen LogP contribution in [0.2, 0.25) is 0 Å². The maximum atomic E-state index is 11.3. The molecule has 0 aromatic rings. The van der Waals surface area contributed by atoms with E-state index in [1.54, 1.807) is 6.92 Å². The Morgan fingerprint density at radius 3 is 2.38 bits per heavy atom. The van der Waals surface area contributed by atoms with Crippen LogP contribution < -0.4 is 5.32 Å². The van der Waals surface area contributed by atoms with Crippen LogP contribution in [0.15, 0.2) is 0 Å². The van der Waals surface area contributed by atoms with Crippen molar-refractivity contribution in [2.75, 3.05) is 6.54 Å². The molecular weight excluding hydrogens is 202 g/mol. The lowest BCUT2D eigenvalue weighted by Gasteiger charge is -2.05. The summed E-state index contributed by atoms with van der Waals surface area (Å²) in [4.78, 5) is 22.2. The van der Waals surface area contributed by atoms with Gasteiger partial charge in [0, 0.05) is 12.8 Å². The monoisotopic (exact) mass is 227 g/mol. The Balaban J connectivity index is 3.34. The Morgan fingerprint density at radius 2 is 1.81 bits per heavy atom. The summed E-state index contributed by atoms with van der Waals surface area (Å²) >= 11 is 0. The third kappa shape index (κ3) is 9.69. The van der Waals surface area contributed by atoms with Gasteiger partial charge in [-0.2, -0.15) is 0 Å². The lowest BCUT2D eigenvalue weighted by molar-refractivity contribution is -0.125. The molecule has 0 fully saturated rings. The zero-order valence-electron chi connectivity index (χ0n) is 10.8. The number of rotatable bonds is 9. The minimum Gasteiger partial charge on any atom is -0.349 e. The second-order valence-corrected chi connectivity index (χ2v) is 4.66. The number of hydrogen-bond acceptors (Lipinski definition) is 2. The molecule has 1 amide bonds. The molecule has 0 aliphatic carbocycles. The molecule has 94 valence electrons. The summed E-state index contributed by atoms with van der Waals surface area (Å²) < 4.78 is 0. The van der Waals surface area contributed by atoms with Crippen molar-refractivity contribution < 1.29 is 9.59 Å². The van der Waals surface area contributed by atoms with E-state index >= 15 is 0 Å². The van der Waals surface area contributed by atoms with Crippen molar-refractivity contribution >= 4 is 11.7 Å². The number of carbonyl (C=O) groups excluding carboxylic acids is 2. The molecule has 0 aromatic carbocycles. The van der Waals surface area contributed by atoms with E-state index in [4.69, 9.17) is 0 Å². The van der Waals surface area contributed by atoms with Crippen LogP contribution >= 0.6 is 0 Å². The molecule has 0 atom stereocenters. The molecule has 0 aliphatic heterocycles. The summed E-state index contributed by atoms with van der Waals surface area (Å²) in [5.74, 6) is 0.843. The molecule has 0 unspecified atom stereocenters. The predicted octanol–water partition coefficient (Wildman–Crippen LogP) is 2.69. The van der Waals surface area contributed by atoms with E-state index in [-0.39, 0.29) is 18.2 Å². The van der Waals surface area contributed by atoms with Gasteiger partial charge in [0.2, 0.25) is 5.91 Å². The van der Waals surface area contributed by atoms with Crippen molar-refractivity contribution in [3.63, 3.8) is 0 Å². The van der Waals surface area contributed by atoms with Gasteiger partial charge in [-0.25, -0.2) is 0 Å². The highest BCUT2D eigenvalue weighted by Gasteiger charge is 2.03. The quantitative estimate of drug-likeness (QED) is 0.616. The van der Waals surface area contributed by atoms with Crippen LogP contribution in [-0.4, -0.2) is 18.2 Å². The van der Waals surface area contributed by atoms with Gasteiger partial charge in [-0.15, -0.1) is 0 Å². The highest BCUT2D eigenvalue weighted by atomic mass is 16.2. The predicted molar refractivity (Wildman–Crippen MR) is 66.2 cm³/mol. The first-order valence-corrected chi connectivity index (χ1v) is 6.34. The Kier molecular flexibility index (Phi) is 8.87. The molecule has 0 spiro atoms. The van der Waals surface area contributed by atoms with Crippen LogP contribution in [0.3, 0.4) is 0 Å². The maximum absolute atomic E-state index is 11.3. The Hall–Kier alpha value is -0.860. The van der Waals surface area contributed by atoms with Gasteiger partial charge in [-0.3, -0.25) is 9.59 Å². The van der Waals surface area contributed by atoms with Crippen molar-refractivity contribution in [3.8, 4) is 0 Å². The summed E-state index contributed by atoms with van der Waals surface area (Å²) in [7, 11) is 0. The third-order valence-corrected chi connectivity index (χ3v) is 2.56. The minimum absolute atomic E-state index is 0.00588. The van der Waals surface area contributed by atoms with E-state index in [0.29, 0.717) is 12.8 Å². The Morgan fingerprint density at radius 1 is 1.12 bits per heavy atom. The van der Waals surface area contributed by atoms with Gasteiger partial charge in [-0.1, -0.05) is 40.0 Å². The first-order chi connectivity index (χ1) is 7.56. The molecule has 1 N–H and O–H groups in total. The standard InChI is InChI=1S/C13H25NO2/c1-4-12(15)10-14-13(16)9-7-5-6-8-11(2)3/h11H,4-10H2,1-3H3,(H,14,16). The van der Waals surface area contributed by atoms with Crippen molar-refractivity contribution in [1.29, 1.82) is 0 Å². The summed E-state index contributed by atoms with van der Waals surface area (Å²) in [6.45, 7) is 6.42. The van der Waals surface area contributed by atoms with Gasteiger partial charge < -0.3 is 5.32 Å². The number of hydrogen-bond donors (Lipinski definition) is 1. The average molecular weight is 227 g/mol. The minimum atomic E-state index is 0.00588. The first kappa shape index (κ1) is 15.1. The number of amides is 1. The van der Waals surface area contributed by atoms with E-state index < -0.39 is 0 Å². The Bertz CT molecular complexity index is 212. The van der Waals surface area contributed by atoms with Gasteiger partial charge in [-0.05, 0) is 12.3 Å². The zero-order valence-corrected chi connectivity index (χ0v) is 10.8. The molecular formula is C13H25NO2. The number of unbranched alkanes of at least 4 members (excludes halogenated alkanes) is 2. The summed E-state index contributed by atoms with van der Waals surface area (Å²) in [5.41, 5.74) is 0. The van der Waals surface area contributed by atoms with E-state index in [2.05, 4.69) is 19.2 Å². The highest BCUT2D eigenvalue weighted by Crippen LogP contribution is 2.09. The lowest BCUT2D eigenvalue weighted by Crippen LogP contribution is -2.28. The number of Topliss-reactive ketones (excluding diaryl/α,β-unsaturated/α-hetero) is 1. The average Bonchev–Trinajstić information content (AvgIpc) is 2.24. The summed E-state index contributed by atoms with van der Waals surface area (Å²) in [6, 6.07) is 0. The van der Waals surface area contributed by atoms with E-state index in [0.717, 1.165) is 18.8 Å². The van der Waals surface area contributed by atoms with Crippen LogP contribution in [-0.2, 0) is 9.59 Å². The Labute approximate surface area is 99.0 Å². The molecule has 0 radical (unpaired) electrons. The van der Waals surface area contributed by atoms with Gasteiger partial charge in [0.05, 0.1) is 6.54 Å². The van der Waals surface area contributed by atoms with Crippen LogP contribution in [0.25, 0.3) is 0 Å². The maximum Gasteiger partial charge on any atom is 0.220 e. The van der Waals surface area contributed by atoms with Gasteiger partial charge in [0.15, 0.2) is 5.78 Å². The lowest BCUT2D eigenvalue weighted by atomic mass is 10.0. The van der Waals surface area contributed by atoms with E-state index in [1.165, 1.54) is 12.8 Å². The fourth-order valence-corrected chi connectivity index (χ4v) is 1.43.